The molecule has 1 aliphatic rings. The summed E-state index contributed by atoms with van der Waals surface area (Å²) in [6.07, 6.45) is 8.10. The lowest BCUT2D eigenvalue weighted by Crippen LogP contribution is -2.51. The maximum absolute atomic E-state index is 12.9. The molecular weight excluding hydrogens is 893 g/mol. The van der Waals surface area contributed by atoms with Crippen molar-refractivity contribution in [3.8, 4) is 28.7 Å². The normalized spacial score (nSPS) is 12.4. The largest absolute Gasteiger partial charge is 0.457 e. The van der Waals surface area contributed by atoms with E-state index >= 15 is 0 Å². The molecule has 1 saturated heterocycles. The molecule has 362 valence electrons. The van der Waals surface area contributed by atoms with Gasteiger partial charge in [0.15, 0.2) is 5.82 Å². The molecule has 19 nitrogen and oxygen atoms in total. The van der Waals surface area contributed by atoms with Gasteiger partial charge >= 0.3 is 18.2 Å². The van der Waals surface area contributed by atoms with E-state index in [4.69, 9.17) is 14.2 Å². The summed E-state index contributed by atoms with van der Waals surface area (Å²) in [5.74, 6) is 3.62. The maximum atomic E-state index is 12.9. The number of hydrogen-bond donors (Lipinski definition) is 5. The molecule has 5 N–H and O–H groups in total. The summed E-state index contributed by atoms with van der Waals surface area (Å²) in [5, 5.41) is 22.5. The van der Waals surface area contributed by atoms with Crippen molar-refractivity contribution >= 4 is 47.1 Å². The molecule has 4 aromatic heterocycles. The van der Waals surface area contributed by atoms with Crippen LogP contribution in [0.1, 0.15) is 52.8 Å². The average Bonchev–Trinajstić information content (AvgIpc) is 4.01. The predicted octanol–water partition coefficient (Wildman–Crippen LogP) is 9.86. The van der Waals surface area contributed by atoms with Gasteiger partial charge in [-0.2, -0.15) is 10.2 Å². The molecule has 0 unspecified atom stereocenters. The second kappa shape index (κ2) is 22.4. The van der Waals surface area contributed by atoms with Crippen LogP contribution in [0.3, 0.4) is 0 Å². The number of benzene rings is 3. The third-order valence-electron chi connectivity index (χ3n) is 10.3. The molecule has 1 aliphatic heterocycles. The van der Waals surface area contributed by atoms with Crippen molar-refractivity contribution in [3.63, 3.8) is 0 Å². The highest BCUT2D eigenvalue weighted by molar-refractivity contribution is 6.00. The highest BCUT2D eigenvalue weighted by Crippen LogP contribution is 2.26. The van der Waals surface area contributed by atoms with Gasteiger partial charge in [0, 0.05) is 85.6 Å². The Morgan fingerprint density at radius 3 is 1.59 bits per heavy atom. The molecule has 0 aliphatic carbocycles. The number of hydrogen-bond acceptors (Lipinski definition) is 11. The van der Waals surface area contributed by atoms with Gasteiger partial charge in [-0.3, -0.25) is 30.5 Å². The van der Waals surface area contributed by atoms with Crippen molar-refractivity contribution in [2.75, 3.05) is 47.4 Å². The first-order valence-electron chi connectivity index (χ1n) is 22.5. The Balaban J connectivity index is 0.000000236. The van der Waals surface area contributed by atoms with Crippen molar-refractivity contribution in [1.82, 2.24) is 39.7 Å². The number of anilines is 4. The number of aromatic nitrogens is 6. The summed E-state index contributed by atoms with van der Waals surface area (Å²) in [4.78, 5) is 61.3. The monoisotopic (exact) mass is 948 g/mol. The van der Waals surface area contributed by atoms with Gasteiger partial charge in [0.25, 0.3) is 0 Å². The van der Waals surface area contributed by atoms with Gasteiger partial charge in [-0.1, -0.05) is 32.9 Å². The number of urea groups is 2. The number of piperazine rings is 1. The van der Waals surface area contributed by atoms with Crippen molar-refractivity contribution < 1.29 is 33.4 Å². The zero-order chi connectivity index (χ0) is 49.7. The highest BCUT2D eigenvalue weighted by atomic mass is 16.6. The first kappa shape index (κ1) is 49.2. The summed E-state index contributed by atoms with van der Waals surface area (Å²) >= 11 is 0. The van der Waals surface area contributed by atoms with Gasteiger partial charge in [0.2, 0.25) is 5.91 Å². The Kier molecular flexibility index (Phi) is 15.7. The molecule has 6 amide bonds. The number of carbonyl (C=O) groups excluding carboxylic acids is 4. The Hall–Kier alpha value is -8.74. The minimum Gasteiger partial charge on any atom is -0.457 e. The molecule has 0 spiro atoms. The van der Waals surface area contributed by atoms with Crippen LogP contribution in [-0.4, -0.2) is 95.6 Å². The lowest BCUT2D eigenvalue weighted by atomic mass is 9.92. The maximum Gasteiger partial charge on any atom is 0.410 e. The van der Waals surface area contributed by atoms with E-state index in [1.165, 1.54) is 0 Å². The van der Waals surface area contributed by atoms with Gasteiger partial charge in [0.1, 0.15) is 34.4 Å². The molecule has 0 saturated carbocycles. The van der Waals surface area contributed by atoms with Crippen LogP contribution < -0.4 is 30.7 Å². The highest BCUT2D eigenvalue weighted by Gasteiger charge is 2.28. The number of carbonyl (C=O) groups is 4. The van der Waals surface area contributed by atoms with Gasteiger partial charge < -0.3 is 34.6 Å². The van der Waals surface area contributed by atoms with E-state index in [0.717, 1.165) is 16.9 Å². The molecule has 70 heavy (non-hydrogen) atoms. The van der Waals surface area contributed by atoms with Crippen LogP contribution in [0.4, 0.5) is 37.4 Å². The summed E-state index contributed by atoms with van der Waals surface area (Å²) in [6, 6.07) is 31.3. The number of aromatic amines is 1. The number of ether oxygens (including phenoxy) is 3. The van der Waals surface area contributed by atoms with E-state index in [-0.39, 0.29) is 29.9 Å². The number of rotatable bonds is 11. The number of H-pyrrole nitrogens is 1. The van der Waals surface area contributed by atoms with E-state index < -0.39 is 11.6 Å². The third kappa shape index (κ3) is 14.6. The van der Waals surface area contributed by atoms with Crippen LogP contribution in [0.25, 0.3) is 5.69 Å². The fraction of sp³-hybridized carbons (Fsp3) is 0.255. The van der Waals surface area contributed by atoms with Crippen LogP contribution in [0, 0.1) is 0 Å². The van der Waals surface area contributed by atoms with Crippen LogP contribution in [0.15, 0.2) is 140 Å². The summed E-state index contributed by atoms with van der Waals surface area (Å²) in [7, 11) is 0. The molecule has 8 rings (SSSR count). The quantitative estimate of drug-likeness (QED) is 0.0821. The van der Waals surface area contributed by atoms with E-state index in [1.54, 1.807) is 124 Å². The lowest BCUT2D eigenvalue weighted by Gasteiger charge is -2.35. The molecule has 5 heterocycles. The zero-order valence-corrected chi connectivity index (χ0v) is 39.8. The summed E-state index contributed by atoms with van der Waals surface area (Å²) in [5.41, 5.74) is 3.15. The number of nitrogens with zero attached hydrogens (tertiary/aromatic N) is 7. The molecule has 3 aromatic carbocycles. The second-order valence-corrected chi connectivity index (χ2v) is 18.0. The molecule has 0 radical (unpaired) electrons. The SMILES string of the molecule is CC(C)(C)OC(=O)N1CCN(C(=O)Cc2ccc(-n3nccc3NC(=O)Nc3ccc(Oc4ccncc4)cc3)cc2)CC1.CC(C)(C)c1cc(NC(=O)Nc2ccc(Oc3ccncc3)cc2)n[nH]1. The van der Waals surface area contributed by atoms with Crippen molar-refractivity contribution in [3.05, 3.63) is 151 Å². The fourth-order valence-electron chi connectivity index (χ4n) is 6.73. The predicted molar refractivity (Wildman–Crippen MR) is 266 cm³/mol. The van der Waals surface area contributed by atoms with E-state index in [2.05, 4.69) is 67.3 Å². The van der Waals surface area contributed by atoms with E-state index in [0.29, 0.717) is 72.2 Å². The number of pyridine rings is 2. The van der Waals surface area contributed by atoms with Crippen molar-refractivity contribution in [2.45, 2.75) is 59.0 Å². The number of amides is 6. The van der Waals surface area contributed by atoms with Crippen molar-refractivity contribution in [2.24, 2.45) is 0 Å². The fourth-order valence-corrected chi connectivity index (χ4v) is 6.73. The lowest BCUT2D eigenvalue weighted by molar-refractivity contribution is -0.132. The third-order valence-corrected chi connectivity index (χ3v) is 10.3. The molecular formula is C51H56N12O7. The standard InChI is InChI=1S/C32H35N7O5.C19H21N5O2/c1-32(2,3)44-31(42)38-20-18-37(19-21-38)29(40)22-23-4-8-25(9-5-23)39-28(14-17-34-39)36-30(41)35-24-6-10-26(11-7-24)43-27-12-15-33-16-13-27;1-19(2,3)16-12-17(24-23-16)22-18(25)21-13-4-6-14(7-5-13)26-15-8-10-20-11-9-15/h4-17H,18-22H2,1-3H3,(H2,35,36,41);4-12H,1-3H3,(H3,21,22,23,24,25). The van der Waals surface area contributed by atoms with Crippen LogP contribution >= 0.6 is 0 Å². The first-order valence-corrected chi connectivity index (χ1v) is 22.5. The molecule has 1 fully saturated rings. The molecule has 0 atom stereocenters. The Morgan fingerprint density at radius 1 is 0.586 bits per heavy atom. The van der Waals surface area contributed by atoms with Crippen molar-refractivity contribution in [1.29, 1.82) is 0 Å². The van der Waals surface area contributed by atoms with Crippen LogP contribution in [0.2, 0.25) is 0 Å². The van der Waals surface area contributed by atoms with E-state index in [1.807, 2.05) is 51.1 Å². The van der Waals surface area contributed by atoms with Crippen LogP contribution in [-0.2, 0) is 21.4 Å². The second-order valence-electron chi connectivity index (χ2n) is 18.0. The minimum atomic E-state index is -0.555. The topological polar surface area (TPSA) is 223 Å². The van der Waals surface area contributed by atoms with Gasteiger partial charge in [0.05, 0.1) is 18.3 Å². The first-order chi connectivity index (χ1) is 33.5. The Bertz CT molecular complexity index is 2820. The number of nitrogens with one attached hydrogen (secondary N) is 5. The molecule has 19 heteroatoms. The van der Waals surface area contributed by atoms with E-state index in [9.17, 15) is 19.2 Å². The smallest absolute Gasteiger partial charge is 0.410 e. The van der Waals surface area contributed by atoms with Gasteiger partial charge in [-0.05, 0) is 111 Å². The van der Waals surface area contributed by atoms with Crippen LogP contribution in [0.5, 0.6) is 23.0 Å². The minimum absolute atomic E-state index is 0.00309. The molecule has 7 aromatic rings. The zero-order valence-electron chi connectivity index (χ0n) is 39.8. The van der Waals surface area contributed by atoms with Gasteiger partial charge in [-0.15, -0.1) is 0 Å². The average molecular weight is 949 g/mol. The summed E-state index contributed by atoms with van der Waals surface area (Å²) < 4.78 is 18.5. The Labute approximate surface area is 405 Å². The summed E-state index contributed by atoms with van der Waals surface area (Å²) in [6.45, 7) is 13.5. The van der Waals surface area contributed by atoms with Gasteiger partial charge in [-0.25, -0.2) is 19.1 Å². The molecule has 0 bridgehead atoms. The Morgan fingerprint density at radius 2 is 1.09 bits per heavy atom.